The van der Waals surface area contributed by atoms with Crippen molar-refractivity contribution < 1.29 is 48.4 Å². The predicted octanol–water partition coefficient (Wildman–Crippen LogP) is -1.76. The zero-order valence-electron chi connectivity index (χ0n) is 13.0. The van der Waals surface area contributed by atoms with Gasteiger partial charge in [0.05, 0.1) is 25.4 Å². The van der Waals surface area contributed by atoms with Crippen molar-refractivity contribution in [3.05, 3.63) is 0 Å². The van der Waals surface area contributed by atoms with Crippen molar-refractivity contribution in [2.75, 3.05) is 34.0 Å². The first-order valence-electron chi connectivity index (χ1n) is 7.08. The summed E-state index contributed by atoms with van der Waals surface area (Å²) in [4.78, 5) is 9.69. The minimum Gasteiger partial charge on any atom is -0.396 e. The molecule has 23 heavy (non-hydrogen) atoms. The number of rotatable bonds is 9. The average molecular weight is 360 g/mol. The maximum absolute atomic E-state index is 11.9. The number of methoxy groups -OCH3 is 2. The molecule has 2 unspecified atom stereocenters. The summed E-state index contributed by atoms with van der Waals surface area (Å²) in [6, 6.07) is 0. The van der Waals surface area contributed by atoms with Crippen LogP contribution in [0.5, 0.6) is 0 Å². The van der Waals surface area contributed by atoms with Crippen molar-refractivity contribution >= 4 is 7.82 Å². The van der Waals surface area contributed by atoms with Crippen molar-refractivity contribution in [1.29, 1.82) is 0 Å². The number of aliphatic hydroxyl groups is 4. The normalized spacial score (nSPS) is 35.7. The molecule has 5 N–H and O–H groups in total. The van der Waals surface area contributed by atoms with Crippen molar-refractivity contribution in [2.45, 2.75) is 36.9 Å². The Labute approximate surface area is 134 Å². The van der Waals surface area contributed by atoms with Gasteiger partial charge in [0, 0.05) is 26.7 Å². The number of hydrogen-bond donors (Lipinski definition) is 5. The highest BCUT2D eigenvalue weighted by atomic mass is 31.2. The van der Waals surface area contributed by atoms with Gasteiger partial charge in [0.2, 0.25) is 0 Å². The molecule has 7 atom stereocenters. The third kappa shape index (κ3) is 6.02. The number of phosphoric ester groups is 1. The molecule has 0 saturated heterocycles. The van der Waals surface area contributed by atoms with Crippen LogP contribution in [-0.2, 0) is 23.1 Å². The van der Waals surface area contributed by atoms with E-state index < -0.39 is 50.9 Å². The second-order valence-corrected chi connectivity index (χ2v) is 6.78. The molecule has 0 aromatic rings. The Kier molecular flexibility index (Phi) is 8.53. The van der Waals surface area contributed by atoms with Crippen LogP contribution in [0.3, 0.4) is 0 Å². The molecule has 0 heterocycles. The first kappa shape index (κ1) is 20.9. The number of ether oxygens (including phenoxy) is 2. The zero-order chi connectivity index (χ0) is 17.6. The van der Waals surface area contributed by atoms with E-state index in [0.29, 0.717) is 0 Å². The highest BCUT2D eigenvalue weighted by Gasteiger charge is 2.46. The molecule has 0 spiro atoms. The smallest absolute Gasteiger partial charge is 0.396 e. The van der Waals surface area contributed by atoms with Gasteiger partial charge in [0.25, 0.3) is 0 Å². The predicted molar refractivity (Wildman–Crippen MR) is 76.5 cm³/mol. The standard InChI is InChI=1S/C12H25O10P/c1-19-5-8(20-2)6-21-23(17,18)22-12-9(14)3-7(4-13)10(15)11(12)16/h7-16H,3-6H2,1-2H3,(H,17,18)/t7-,8?,9+,10-,11+,12+/m0/s1. The first-order chi connectivity index (χ1) is 10.8. The van der Waals surface area contributed by atoms with E-state index >= 15 is 0 Å². The molecule has 0 aromatic carbocycles. The lowest BCUT2D eigenvalue weighted by Gasteiger charge is -2.40. The molecule has 0 bridgehead atoms. The topological polar surface area (TPSA) is 155 Å². The summed E-state index contributed by atoms with van der Waals surface area (Å²) in [5, 5.41) is 38.7. The van der Waals surface area contributed by atoms with Crippen LogP contribution in [0.1, 0.15) is 6.42 Å². The van der Waals surface area contributed by atoms with E-state index in [4.69, 9.17) is 23.6 Å². The summed E-state index contributed by atoms with van der Waals surface area (Å²) >= 11 is 0. The largest absolute Gasteiger partial charge is 0.472 e. The van der Waals surface area contributed by atoms with Gasteiger partial charge in [-0.15, -0.1) is 0 Å². The Morgan fingerprint density at radius 1 is 1.17 bits per heavy atom. The summed E-state index contributed by atoms with van der Waals surface area (Å²) in [5.74, 6) is -0.751. The van der Waals surface area contributed by atoms with Crippen molar-refractivity contribution in [1.82, 2.24) is 0 Å². The average Bonchev–Trinajstić information content (AvgIpc) is 2.51. The molecule has 11 heteroatoms. The third-order valence-corrected chi connectivity index (χ3v) is 4.68. The second kappa shape index (κ2) is 9.38. The minimum atomic E-state index is -4.61. The SMILES string of the molecule is COCC(COP(=O)(O)O[C@H]1[C@H](O)[C@@H](O)[C@H](CO)C[C@H]1O)OC. The van der Waals surface area contributed by atoms with Crippen LogP contribution in [-0.4, -0.2) is 89.9 Å². The third-order valence-electron chi connectivity index (χ3n) is 3.69. The molecule has 1 saturated carbocycles. The van der Waals surface area contributed by atoms with Crippen LogP contribution in [0.15, 0.2) is 0 Å². The number of aliphatic hydroxyl groups excluding tert-OH is 4. The quantitative estimate of drug-likeness (QED) is 0.299. The maximum Gasteiger partial charge on any atom is 0.472 e. The van der Waals surface area contributed by atoms with Gasteiger partial charge in [-0.3, -0.25) is 9.05 Å². The molecular weight excluding hydrogens is 335 g/mol. The van der Waals surface area contributed by atoms with Gasteiger partial charge in [0.1, 0.15) is 18.3 Å². The molecule has 1 fully saturated rings. The number of phosphoric acid groups is 1. The van der Waals surface area contributed by atoms with Gasteiger partial charge in [-0.05, 0) is 6.42 Å². The fraction of sp³-hybridized carbons (Fsp3) is 1.00. The zero-order valence-corrected chi connectivity index (χ0v) is 13.9. The van der Waals surface area contributed by atoms with Crippen LogP contribution in [0, 0.1) is 5.92 Å². The second-order valence-electron chi connectivity index (χ2n) is 5.37. The van der Waals surface area contributed by atoms with Crippen molar-refractivity contribution in [2.24, 2.45) is 5.92 Å². The highest BCUT2D eigenvalue weighted by Crippen LogP contribution is 2.47. The van der Waals surface area contributed by atoms with E-state index in [-0.39, 0.29) is 19.6 Å². The van der Waals surface area contributed by atoms with E-state index in [1.165, 1.54) is 14.2 Å². The Balaban J connectivity index is 2.63. The molecule has 0 aromatic heterocycles. The van der Waals surface area contributed by atoms with E-state index in [9.17, 15) is 24.8 Å². The lowest BCUT2D eigenvalue weighted by Crippen LogP contribution is -2.55. The molecule has 1 aliphatic rings. The first-order valence-corrected chi connectivity index (χ1v) is 8.57. The fourth-order valence-corrected chi connectivity index (χ4v) is 3.32. The molecule has 10 nitrogen and oxygen atoms in total. The molecule has 0 amide bonds. The van der Waals surface area contributed by atoms with E-state index in [0.717, 1.165) is 0 Å². The Hall–Kier alpha value is -0.130. The molecule has 0 radical (unpaired) electrons. The summed E-state index contributed by atoms with van der Waals surface area (Å²) in [6.07, 6.45) is -6.59. The minimum absolute atomic E-state index is 0.0935. The molecular formula is C12H25O10P. The van der Waals surface area contributed by atoms with E-state index in [1.807, 2.05) is 0 Å². The fourth-order valence-electron chi connectivity index (χ4n) is 2.33. The highest BCUT2D eigenvalue weighted by molar-refractivity contribution is 7.47. The van der Waals surface area contributed by atoms with Crippen LogP contribution in [0.2, 0.25) is 0 Å². The summed E-state index contributed by atoms with van der Waals surface area (Å²) in [5.41, 5.74) is 0. The van der Waals surface area contributed by atoms with Crippen LogP contribution in [0.25, 0.3) is 0 Å². The molecule has 138 valence electrons. The van der Waals surface area contributed by atoms with E-state index in [2.05, 4.69) is 0 Å². The van der Waals surface area contributed by atoms with Gasteiger partial charge in [0.15, 0.2) is 0 Å². The summed E-state index contributed by atoms with van der Waals surface area (Å²) in [7, 11) is -1.81. The number of hydrogen-bond acceptors (Lipinski definition) is 9. The Bertz CT molecular complexity index is 394. The lowest BCUT2D eigenvalue weighted by atomic mass is 9.81. The van der Waals surface area contributed by atoms with Gasteiger partial charge in [-0.2, -0.15) is 0 Å². The summed E-state index contributed by atoms with van der Waals surface area (Å²) in [6.45, 7) is -0.622. The Morgan fingerprint density at radius 3 is 2.35 bits per heavy atom. The molecule has 1 rings (SSSR count). The Morgan fingerprint density at radius 2 is 1.83 bits per heavy atom. The van der Waals surface area contributed by atoms with Gasteiger partial charge < -0.3 is 34.8 Å². The molecule has 0 aliphatic heterocycles. The van der Waals surface area contributed by atoms with E-state index in [1.54, 1.807) is 0 Å². The lowest BCUT2D eigenvalue weighted by molar-refractivity contribution is -0.160. The van der Waals surface area contributed by atoms with Gasteiger partial charge >= 0.3 is 7.82 Å². The van der Waals surface area contributed by atoms with Crippen molar-refractivity contribution in [3.63, 3.8) is 0 Å². The van der Waals surface area contributed by atoms with Gasteiger partial charge in [-0.25, -0.2) is 4.57 Å². The summed E-state index contributed by atoms with van der Waals surface area (Å²) < 4.78 is 31.2. The van der Waals surface area contributed by atoms with Gasteiger partial charge in [-0.1, -0.05) is 0 Å². The van der Waals surface area contributed by atoms with Crippen LogP contribution in [0.4, 0.5) is 0 Å². The monoisotopic (exact) mass is 360 g/mol. The van der Waals surface area contributed by atoms with Crippen LogP contribution < -0.4 is 0 Å². The molecule has 1 aliphatic carbocycles. The van der Waals surface area contributed by atoms with Crippen molar-refractivity contribution in [3.8, 4) is 0 Å². The maximum atomic E-state index is 11.9. The van der Waals surface area contributed by atoms with Crippen LogP contribution >= 0.6 is 7.82 Å².